The Labute approximate surface area is 216 Å². The van der Waals surface area contributed by atoms with Gasteiger partial charge in [0.2, 0.25) is 0 Å². The number of hydrogen-bond donors (Lipinski definition) is 1. The first-order valence-electron chi connectivity index (χ1n) is 13.0. The zero-order chi connectivity index (χ0) is 25.2. The number of Topliss-reactive ketones (excluding diaryl/α,β-unsaturated/α-hetero) is 1. The van der Waals surface area contributed by atoms with E-state index < -0.39 is 25.0 Å². The van der Waals surface area contributed by atoms with Gasteiger partial charge in [-0.05, 0) is 36.1 Å². The molecule has 190 valence electrons. The van der Waals surface area contributed by atoms with Gasteiger partial charge in [0.1, 0.15) is 13.0 Å². The van der Waals surface area contributed by atoms with Crippen LogP contribution in [0.3, 0.4) is 0 Å². The third-order valence-electron chi connectivity index (χ3n) is 8.43. The number of para-hydroxylation sites is 1. The van der Waals surface area contributed by atoms with Crippen LogP contribution in [0.4, 0.5) is 5.69 Å². The summed E-state index contributed by atoms with van der Waals surface area (Å²) < 4.78 is 23.4. The summed E-state index contributed by atoms with van der Waals surface area (Å²) in [5.41, 5.74) is 6.48. The molecule has 0 aromatic heterocycles. The highest BCUT2D eigenvalue weighted by Gasteiger charge is 2.61. The molecule has 37 heavy (non-hydrogen) atoms. The number of nitrogens with zero attached hydrogens (tertiary/aromatic N) is 3. The van der Waals surface area contributed by atoms with Gasteiger partial charge in [0.15, 0.2) is 5.78 Å². The van der Waals surface area contributed by atoms with E-state index in [1.165, 1.54) is 0 Å². The van der Waals surface area contributed by atoms with Crippen molar-refractivity contribution in [1.29, 1.82) is 0 Å². The lowest BCUT2D eigenvalue weighted by Crippen LogP contribution is -2.63. The van der Waals surface area contributed by atoms with Gasteiger partial charge in [0.25, 0.3) is 0 Å². The minimum Gasteiger partial charge on any atom is -0.492 e. The second-order valence-corrected chi connectivity index (χ2v) is 13.4. The number of hydrogen-bond acceptors (Lipinski definition) is 5. The van der Waals surface area contributed by atoms with Gasteiger partial charge in [-0.15, -0.1) is 0 Å². The average Bonchev–Trinajstić information content (AvgIpc) is 3.26. The first-order chi connectivity index (χ1) is 18.0. The van der Waals surface area contributed by atoms with Crippen molar-refractivity contribution in [2.24, 2.45) is 5.92 Å². The molecule has 1 saturated carbocycles. The summed E-state index contributed by atoms with van der Waals surface area (Å²) in [5, 5.41) is 13.8. The maximum Gasteiger partial charge on any atom is 0.172 e. The Bertz CT molecular complexity index is 1330. The van der Waals surface area contributed by atoms with Gasteiger partial charge in [-0.3, -0.25) is 4.79 Å². The summed E-state index contributed by atoms with van der Waals surface area (Å²) >= 11 is 0. The van der Waals surface area contributed by atoms with Crippen molar-refractivity contribution < 1.29 is 19.2 Å². The van der Waals surface area contributed by atoms with E-state index >= 15 is 4.57 Å². The van der Waals surface area contributed by atoms with Gasteiger partial charge in [-0.1, -0.05) is 79.2 Å². The molecule has 3 heterocycles. The molecule has 0 amide bonds. The van der Waals surface area contributed by atoms with Gasteiger partial charge in [-0.25, -0.2) is 0 Å². The standard InChI is InChI=1S/C29H29N3O4P/c33-28-22-14-7-8-16-24(22)31-29(34)23(28)15-9-17-27(29)32(30-31)37(35)18-25(20-10-3-1-4-11-20)36-26(19-37)21-12-5-2-6-13-21/h1-8,10-14,16,23,25-27,34H,9,15,17-19H2/q-1/t23-,25-,26+,27+,29+,37?/m1/s1. The molecular weight excluding hydrogens is 485 g/mol. The second-order valence-electron chi connectivity index (χ2n) is 10.5. The van der Waals surface area contributed by atoms with Gasteiger partial charge in [0.05, 0.1) is 18.1 Å². The Hall–Kier alpha value is -2.80. The fourth-order valence-electron chi connectivity index (χ4n) is 6.67. The van der Waals surface area contributed by atoms with Crippen LogP contribution in [0.25, 0.3) is 5.53 Å². The molecule has 7 nitrogen and oxygen atoms in total. The third-order valence-corrected chi connectivity index (χ3v) is 11.3. The highest BCUT2D eigenvalue weighted by Crippen LogP contribution is 2.67. The number of benzene rings is 3. The van der Waals surface area contributed by atoms with Crippen molar-refractivity contribution in [2.75, 3.05) is 17.3 Å². The molecule has 1 aliphatic carbocycles. The van der Waals surface area contributed by atoms with Crippen LogP contribution in [0.5, 0.6) is 0 Å². The molecule has 2 saturated heterocycles. The van der Waals surface area contributed by atoms with E-state index in [0.717, 1.165) is 17.5 Å². The Kier molecular flexibility index (Phi) is 5.43. The molecular formula is C29H29N3O4P-. The summed E-state index contributed by atoms with van der Waals surface area (Å²) in [6.07, 6.45) is 1.83. The monoisotopic (exact) mass is 514 g/mol. The van der Waals surface area contributed by atoms with Crippen molar-refractivity contribution in [3.63, 3.8) is 0 Å². The Morgan fingerprint density at radius 2 is 1.46 bits per heavy atom. The smallest absolute Gasteiger partial charge is 0.172 e. The number of anilines is 1. The molecule has 8 heteroatoms. The molecule has 3 aromatic rings. The number of rotatable bonds is 3. The van der Waals surface area contributed by atoms with Crippen molar-refractivity contribution in [1.82, 2.24) is 4.78 Å². The normalized spacial score (nSPS) is 35.2. The van der Waals surface area contributed by atoms with Crippen molar-refractivity contribution >= 4 is 18.8 Å². The lowest BCUT2D eigenvalue weighted by Gasteiger charge is -2.53. The SMILES string of the molecule is O=C1c2ccccc2N2[N-]N(P3(=O)C[C@@H](c4ccccc4)O[C@@H](c4ccccc4)C3)[C@H]3CCC[C@H]1[C@]32O. The Morgan fingerprint density at radius 3 is 2.11 bits per heavy atom. The summed E-state index contributed by atoms with van der Waals surface area (Å²) in [4.78, 5) is 13.5. The minimum atomic E-state index is -3.19. The summed E-state index contributed by atoms with van der Waals surface area (Å²) in [7, 11) is -3.19. The highest BCUT2D eigenvalue weighted by molar-refractivity contribution is 7.61. The fourth-order valence-corrected chi connectivity index (χ4v) is 9.80. The van der Waals surface area contributed by atoms with E-state index in [1.54, 1.807) is 15.9 Å². The van der Waals surface area contributed by atoms with E-state index in [1.807, 2.05) is 78.9 Å². The van der Waals surface area contributed by atoms with E-state index in [9.17, 15) is 9.90 Å². The van der Waals surface area contributed by atoms with Gasteiger partial charge >= 0.3 is 0 Å². The van der Waals surface area contributed by atoms with Crippen LogP contribution in [0.1, 0.15) is 53.0 Å². The van der Waals surface area contributed by atoms with Crippen molar-refractivity contribution in [3.8, 4) is 0 Å². The molecule has 0 bridgehead atoms. The van der Waals surface area contributed by atoms with E-state index in [4.69, 9.17) is 10.3 Å². The van der Waals surface area contributed by atoms with Crippen LogP contribution in [0.15, 0.2) is 84.9 Å². The lowest BCUT2D eigenvalue weighted by atomic mass is 9.71. The number of ether oxygens (including phenoxy) is 1. The first kappa shape index (κ1) is 23.3. The molecule has 6 atom stereocenters. The van der Waals surface area contributed by atoms with Crippen LogP contribution in [-0.4, -0.2) is 39.8 Å². The molecule has 3 fully saturated rings. The van der Waals surface area contributed by atoms with Crippen LogP contribution in [0, 0.1) is 5.92 Å². The molecule has 0 radical (unpaired) electrons. The average molecular weight is 515 g/mol. The number of ketones is 1. The maximum absolute atomic E-state index is 15.1. The van der Waals surface area contributed by atoms with E-state index in [0.29, 0.717) is 36.4 Å². The van der Waals surface area contributed by atoms with Gasteiger partial charge < -0.3 is 29.7 Å². The number of carbonyl (C=O) groups is 1. The van der Waals surface area contributed by atoms with E-state index in [-0.39, 0.29) is 18.0 Å². The quantitative estimate of drug-likeness (QED) is 0.441. The molecule has 3 aliphatic heterocycles. The number of fused-ring (bicyclic) bond motifs is 2. The molecule has 1 N–H and O–H groups in total. The number of carbonyl (C=O) groups excluding carboxylic acids is 1. The maximum atomic E-state index is 15.1. The van der Waals surface area contributed by atoms with Crippen molar-refractivity contribution in [3.05, 3.63) is 107 Å². The minimum absolute atomic E-state index is 0.0503. The Morgan fingerprint density at radius 1 is 0.865 bits per heavy atom. The van der Waals surface area contributed by atoms with Crippen LogP contribution < -0.4 is 5.01 Å². The first-order valence-corrected chi connectivity index (χ1v) is 15.0. The second kappa shape index (κ2) is 8.62. The lowest BCUT2D eigenvalue weighted by molar-refractivity contribution is -0.0524. The van der Waals surface area contributed by atoms with Gasteiger partial charge in [0, 0.05) is 29.6 Å². The fraction of sp³-hybridized carbons (Fsp3) is 0.345. The van der Waals surface area contributed by atoms with Crippen LogP contribution >= 0.6 is 7.29 Å². The van der Waals surface area contributed by atoms with Crippen molar-refractivity contribution in [2.45, 2.75) is 43.2 Å². The zero-order valence-corrected chi connectivity index (χ0v) is 21.3. The van der Waals surface area contributed by atoms with E-state index in [2.05, 4.69) is 0 Å². The third kappa shape index (κ3) is 3.49. The zero-order valence-electron chi connectivity index (χ0n) is 20.4. The summed E-state index contributed by atoms with van der Waals surface area (Å²) in [6, 6.07) is 26.6. The predicted molar refractivity (Wildman–Crippen MR) is 141 cm³/mol. The topological polar surface area (TPSA) is 84.2 Å². The summed E-state index contributed by atoms with van der Waals surface area (Å²) in [6.45, 7) is 0. The molecule has 4 aliphatic rings. The highest BCUT2D eigenvalue weighted by atomic mass is 31.2. The molecule has 7 rings (SSSR count). The number of aliphatic hydroxyl groups is 1. The van der Waals surface area contributed by atoms with Crippen LogP contribution in [-0.2, 0) is 9.30 Å². The summed E-state index contributed by atoms with van der Waals surface area (Å²) in [5.74, 6) is -0.650. The molecule has 0 spiro atoms. The largest absolute Gasteiger partial charge is 0.492 e. The molecule has 1 unspecified atom stereocenters. The Balaban J connectivity index is 1.32. The molecule has 3 aromatic carbocycles. The predicted octanol–water partition coefficient (Wildman–Crippen LogP) is 5.86. The van der Waals surface area contributed by atoms with Gasteiger partial charge in [-0.2, -0.15) is 0 Å². The van der Waals surface area contributed by atoms with Crippen LogP contribution in [0.2, 0.25) is 0 Å².